The maximum absolute atomic E-state index is 14.1. The van der Waals surface area contributed by atoms with E-state index >= 15 is 0 Å². The molecule has 0 saturated heterocycles. The van der Waals surface area contributed by atoms with Crippen LogP contribution in [0.15, 0.2) is 66.7 Å². The molecule has 6 nitrogen and oxygen atoms in total. The van der Waals surface area contributed by atoms with E-state index in [2.05, 4.69) is 15.4 Å². The van der Waals surface area contributed by atoms with Gasteiger partial charge in [-0.1, -0.05) is 36.4 Å². The first-order valence-electron chi connectivity index (χ1n) is 11.5. The summed E-state index contributed by atoms with van der Waals surface area (Å²) in [5, 5.41) is 5.84. The first-order valence-corrected chi connectivity index (χ1v) is 11.5. The van der Waals surface area contributed by atoms with E-state index in [-0.39, 0.29) is 30.6 Å². The number of alkyl halides is 3. The van der Waals surface area contributed by atoms with Crippen LogP contribution in [-0.4, -0.2) is 31.2 Å². The molecule has 2 atom stereocenters. The van der Waals surface area contributed by atoms with Crippen molar-refractivity contribution >= 4 is 11.9 Å². The van der Waals surface area contributed by atoms with Gasteiger partial charge in [0.25, 0.3) is 5.91 Å². The second-order valence-corrected chi connectivity index (χ2v) is 8.60. The highest BCUT2D eigenvalue weighted by atomic mass is 19.4. The first kappa shape index (κ1) is 26.2. The Labute approximate surface area is 210 Å². The lowest BCUT2D eigenvalue weighted by Crippen LogP contribution is -2.30. The molecule has 0 spiro atoms. The van der Waals surface area contributed by atoms with Crippen LogP contribution in [0.3, 0.4) is 0 Å². The molecule has 0 bridgehead atoms. The van der Waals surface area contributed by atoms with Gasteiger partial charge in [-0.3, -0.25) is 4.79 Å². The number of methoxy groups -OCH3 is 1. The molecular formula is C27H24F4N2O4. The van der Waals surface area contributed by atoms with Crippen LogP contribution in [0, 0.1) is 5.82 Å². The van der Waals surface area contributed by atoms with Crippen LogP contribution in [0.2, 0.25) is 0 Å². The highest BCUT2D eigenvalue weighted by molar-refractivity contribution is 5.98. The lowest BCUT2D eigenvalue weighted by Gasteiger charge is -2.14. The fraction of sp³-hybridized carbons (Fsp3) is 0.259. The van der Waals surface area contributed by atoms with Crippen molar-refractivity contribution in [3.05, 3.63) is 94.8 Å². The average Bonchev–Trinajstić information content (AvgIpc) is 3.66. The predicted octanol–water partition coefficient (Wildman–Crippen LogP) is 4.88. The van der Waals surface area contributed by atoms with Gasteiger partial charge in [0.2, 0.25) is 0 Å². The Kier molecular flexibility index (Phi) is 7.77. The Bertz CT molecular complexity index is 1280. The fourth-order valence-corrected chi connectivity index (χ4v) is 3.92. The molecule has 0 aliphatic heterocycles. The van der Waals surface area contributed by atoms with Crippen LogP contribution in [-0.2, 0) is 17.9 Å². The SMILES string of the molecule is COc1ccc(F)c(CNC2CC2c2ccc(C(=O)NCc3ccccc3)c(OC(=O)C(F)(F)F)c2)c1. The van der Waals surface area contributed by atoms with Crippen molar-refractivity contribution in [3.8, 4) is 11.5 Å². The normalized spacial score (nSPS) is 16.7. The van der Waals surface area contributed by atoms with Crippen molar-refractivity contribution in [3.63, 3.8) is 0 Å². The number of hydrogen-bond donors (Lipinski definition) is 2. The molecule has 3 aromatic rings. The van der Waals surface area contributed by atoms with Crippen LogP contribution in [0.25, 0.3) is 0 Å². The summed E-state index contributed by atoms with van der Waals surface area (Å²) in [6.07, 6.45) is -4.59. The zero-order valence-electron chi connectivity index (χ0n) is 19.8. The molecule has 37 heavy (non-hydrogen) atoms. The number of amides is 1. The molecule has 10 heteroatoms. The zero-order valence-corrected chi connectivity index (χ0v) is 19.8. The third-order valence-electron chi connectivity index (χ3n) is 6.01. The third kappa shape index (κ3) is 6.65. The van der Waals surface area contributed by atoms with E-state index in [9.17, 15) is 27.2 Å². The molecule has 0 aromatic heterocycles. The Hall–Kier alpha value is -3.92. The molecule has 2 unspecified atom stereocenters. The summed E-state index contributed by atoms with van der Waals surface area (Å²) < 4.78 is 62.5. The quantitative estimate of drug-likeness (QED) is 0.241. The second kappa shape index (κ2) is 11.0. The number of hydrogen-bond acceptors (Lipinski definition) is 5. The highest BCUT2D eigenvalue weighted by Crippen LogP contribution is 2.43. The number of carbonyl (C=O) groups is 2. The number of halogens is 4. The molecule has 1 amide bonds. The van der Waals surface area contributed by atoms with Crippen LogP contribution in [0.4, 0.5) is 17.6 Å². The maximum Gasteiger partial charge on any atom is 0.491 e. The number of benzene rings is 3. The van der Waals surface area contributed by atoms with Gasteiger partial charge in [0.15, 0.2) is 0 Å². The molecule has 1 aliphatic rings. The van der Waals surface area contributed by atoms with Crippen molar-refractivity contribution in [2.24, 2.45) is 0 Å². The summed E-state index contributed by atoms with van der Waals surface area (Å²) in [6.45, 7) is 0.365. The van der Waals surface area contributed by atoms with Gasteiger partial charge >= 0.3 is 12.1 Å². The van der Waals surface area contributed by atoms with E-state index in [4.69, 9.17) is 4.74 Å². The van der Waals surface area contributed by atoms with Gasteiger partial charge in [-0.25, -0.2) is 9.18 Å². The molecule has 194 valence electrons. The second-order valence-electron chi connectivity index (χ2n) is 8.60. The molecular weight excluding hydrogens is 492 g/mol. The minimum absolute atomic E-state index is 0.0745. The molecule has 1 aliphatic carbocycles. The fourth-order valence-electron chi connectivity index (χ4n) is 3.92. The molecule has 4 rings (SSSR count). The standard InChI is InChI=1S/C27H24F4N2O4/c1-36-19-8-10-22(28)18(11-19)15-32-23-13-21(23)17-7-9-20(24(12-17)37-26(35)27(29,30)31)25(34)33-14-16-5-3-2-4-6-16/h2-12,21,23,32H,13-15H2,1H3,(H,33,34). The Morgan fingerprint density at radius 3 is 2.46 bits per heavy atom. The summed E-state index contributed by atoms with van der Waals surface area (Å²) in [7, 11) is 1.48. The Morgan fingerprint density at radius 1 is 1.00 bits per heavy atom. The predicted molar refractivity (Wildman–Crippen MR) is 127 cm³/mol. The maximum atomic E-state index is 14.1. The van der Waals surface area contributed by atoms with Crippen molar-refractivity contribution in [1.29, 1.82) is 0 Å². The summed E-state index contributed by atoms with van der Waals surface area (Å²) in [5.41, 5.74) is 1.60. The van der Waals surface area contributed by atoms with Crippen LogP contribution in [0.5, 0.6) is 11.5 Å². The summed E-state index contributed by atoms with van der Waals surface area (Å²) in [6, 6.07) is 17.5. The number of nitrogens with one attached hydrogen (secondary N) is 2. The average molecular weight is 516 g/mol. The summed E-state index contributed by atoms with van der Waals surface area (Å²) in [4.78, 5) is 24.3. The van der Waals surface area contributed by atoms with Gasteiger partial charge < -0.3 is 20.1 Å². The highest BCUT2D eigenvalue weighted by Gasteiger charge is 2.43. The summed E-state index contributed by atoms with van der Waals surface area (Å²) in [5.74, 6) is -3.56. The molecule has 1 saturated carbocycles. The van der Waals surface area contributed by atoms with Gasteiger partial charge in [-0.2, -0.15) is 13.2 Å². The van der Waals surface area contributed by atoms with E-state index in [0.717, 1.165) is 5.56 Å². The molecule has 0 heterocycles. The van der Waals surface area contributed by atoms with E-state index in [1.165, 1.54) is 31.4 Å². The monoisotopic (exact) mass is 516 g/mol. The van der Waals surface area contributed by atoms with Gasteiger partial charge in [0.05, 0.1) is 12.7 Å². The van der Waals surface area contributed by atoms with Crippen molar-refractivity contribution in [2.75, 3.05) is 7.11 Å². The van der Waals surface area contributed by atoms with Gasteiger partial charge in [-0.05, 0) is 47.9 Å². The van der Waals surface area contributed by atoms with Gasteiger partial charge in [-0.15, -0.1) is 0 Å². The van der Waals surface area contributed by atoms with E-state index in [1.807, 2.05) is 6.07 Å². The first-order chi connectivity index (χ1) is 17.7. The molecule has 1 fully saturated rings. The topological polar surface area (TPSA) is 76.7 Å². The molecule has 2 N–H and O–H groups in total. The van der Waals surface area contributed by atoms with E-state index < -0.39 is 29.6 Å². The summed E-state index contributed by atoms with van der Waals surface area (Å²) >= 11 is 0. The Balaban J connectivity index is 1.47. The number of rotatable bonds is 9. The van der Waals surface area contributed by atoms with E-state index in [0.29, 0.717) is 23.3 Å². The largest absolute Gasteiger partial charge is 0.497 e. The minimum Gasteiger partial charge on any atom is -0.497 e. The number of ether oxygens (including phenoxy) is 2. The van der Waals surface area contributed by atoms with Crippen molar-refractivity contribution < 1.29 is 36.6 Å². The van der Waals surface area contributed by atoms with Crippen LogP contribution >= 0.6 is 0 Å². The van der Waals surface area contributed by atoms with E-state index in [1.54, 1.807) is 36.4 Å². The molecule has 0 radical (unpaired) electrons. The lowest BCUT2D eigenvalue weighted by atomic mass is 10.1. The Morgan fingerprint density at radius 2 is 1.76 bits per heavy atom. The van der Waals surface area contributed by atoms with Crippen LogP contribution < -0.4 is 20.1 Å². The minimum atomic E-state index is -5.22. The molecule has 3 aromatic carbocycles. The van der Waals surface area contributed by atoms with Gasteiger partial charge in [0.1, 0.15) is 17.3 Å². The van der Waals surface area contributed by atoms with Gasteiger partial charge in [0, 0.05) is 30.6 Å². The zero-order chi connectivity index (χ0) is 26.6. The van der Waals surface area contributed by atoms with Crippen LogP contribution in [0.1, 0.15) is 39.4 Å². The van der Waals surface area contributed by atoms with Crippen molar-refractivity contribution in [1.82, 2.24) is 10.6 Å². The number of carbonyl (C=O) groups excluding carboxylic acids is 2. The number of esters is 1. The third-order valence-corrected chi connectivity index (χ3v) is 6.01. The van der Waals surface area contributed by atoms with Crippen molar-refractivity contribution in [2.45, 2.75) is 37.6 Å². The lowest BCUT2D eigenvalue weighted by molar-refractivity contribution is -0.189. The smallest absolute Gasteiger partial charge is 0.491 e.